The van der Waals surface area contributed by atoms with E-state index >= 15 is 0 Å². The van der Waals surface area contributed by atoms with Gasteiger partial charge in [-0.05, 0) is 30.5 Å². The van der Waals surface area contributed by atoms with Crippen LogP contribution in [0.2, 0.25) is 0 Å². The largest absolute Gasteiger partial charge is 0.355 e. The van der Waals surface area contributed by atoms with Gasteiger partial charge in [-0.3, -0.25) is 9.78 Å². The number of hydrogen-bond donors (Lipinski definition) is 1. The van der Waals surface area contributed by atoms with Gasteiger partial charge in [0.25, 0.3) is 0 Å². The molecule has 1 N–H and O–H groups in total. The number of pyridine rings is 1. The maximum absolute atomic E-state index is 12.8. The van der Waals surface area contributed by atoms with E-state index in [9.17, 15) is 4.79 Å². The van der Waals surface area contributed by atoms with Gasteiger partial charge in [-0.15, -0.1) is 11.3 Å². The summed E-state index contributed by atoms with van der Waals surface area (Å²) in [4.78, 5) is 21.4. The average Bonchev–Trinajstić information content (AvgIpc) is 3.06. The Morgan fingerprint density at radius 3 is 2.72 bits per heavy atom. The van der Waals surface area contributed by atoms with Crippen LogP contribution in [0.3, 0.4) is 0 Å². The lowest BCUT2D eigenvalue weighted by Crippen LogP contribution is -2.32. The van der Waals surface area contributed by atoms with Crippen LogP contribution in [0.25, 0.3) is 0 Å². The number of nitrogens with one attached hydrogen (secondary N) is 1. The third-order valence-electron chi connectivity index (χ3n) is 4.03. The Morgan fingerprint density at radius 2 is 2.04 bits per heavy atom. The SMILES string of the molecule is Cc1nc(CCNC(=O)C(Cc2cccnc2)c2ccccc2)cs1. The summed E-state index contributed by atoms with van der Waals surface area (Å²) in [5, 5.41) is 6.17. The first kappa shape index (κ1) is 17.3. The minimum atomic E-state index is -0.220. The van der Waals surface area contributed by atoms with Gasteiger partial charge >= 0.3 is 0 Å². The van der Waals surface area contributed by atoms with Crippen molar-refractivity contribution < 1.29 is 4.79 Å². The number of amides is 1. The van der Waals surface area contributed by atoms with Crippen LogP contribution in [0, 0.1) is 6.92 Å². The molecule has 2 heterocycles. The van der Waals surface area contributed by atoms with Gasteiger partial charge in [-0.25, -0.2) is 4.98 Å². The Hall–Kier alpha value is -2.53. The second-order valence-corrected chi connectivity index (χ2v) is 6.99. The Balaban J connectivity index is 1.66. The van der Waals surface area contributed by atoms with E-state index in [0.717, 1.165) is 28.2 Å². The molecule has 0 aliphatic heterocycles. The molecule has 1 aromatic carbocycles. The van der Waals surface area contributed by atoms with E-state index in [2.05, 4.69) is 15.3 Å². The van der Waals surface area contributed by atoms with Gasteiger partial charge in [0.2, 0.25) is 5.91 Å². The number of aromatic nitrogens is 2. The first-order chi connectivity index (χ1) is 12.2. The predicted octanol–water partition coefficient (Wildman–Crippen LogP) is 3.53. The van der Waals surface area contributed by atoms with E-state index in [0.29, 0.717) is 13.0 Å². The predicted molar refractivity (Wildman–Crippen MR) is 101 cm³/mol. The molecular weight excluding hydrogens is 330 g/mol. The van der Waals surface area contributed by atoms with Gasteiger partial charge in [0, 0.05) is 30.7 Å². The fourth-order valence-electron chi connectivity index (χ4n) is 2.76. The van der Waals surface area contributed by atoms with E-state index in [1.165, 1.54) is 0 Å². The van der Waals surface area contributed by atoms with Crippen molar-refractivity contribution in [3.05, 3.63) is 82.1 Å². The van der Waals surface area contributed by atoms with Crippen molar-refractivity contribution in [2.24, 2.45) is 0 Å². The lowest BCUT2D eigenvalue weighted by atomic mass is 9.91. The highest BCUT2D eigenvalue weighted by atomic mass is 32.1. The Kier molecular flexibility index (Phi) is 5.90. The molecule has 3 rings (SSSR count). The quantitative estimate of drug-likeness (QED) is 0.708. The van der Waals surface area contributed by atoms with Crippen molar-refractivity contribution in [3.8, 4) is 0 Å². The van der Waals surface area contributed by atoms with Gasteiger partial charge < -0.3 is 5.32 Å². The topological polar surface area (TPSA) is 54.9 Å². The normalized spacial score (nSPS) is 11.9. The summed E-state index contributed by atoms with van der Waals surface area (Å²) in [6, 6.07) is 13.8. The highest BCUT2D eigenvalue weighted by Crippen LogP contribution is 2.21. The zero-order chi connectivity index (χ0) is 17.5. The molecule has 0 spiro atoms. The molecule has 25 heavy (non-hydrogen) atoms. The van der Waals surface area contributed by atoms with Crippen LogP contribution >= 0.6 is 11.3 Å². The van der Waals surface area contributed by atoms with Crippen molar-refractivity contribution in [3.63, 3.8) is 0 Å². The van der Waals surface area contributed by atoms with E-state index in [1.807, 2.05) is 61.0 Å². The number of hydrogen-bond acceptors (Lipinski definition) is 4. The first-order valence-electron chi connectivity index (χ1n) is 8.35. The molecule has 2 aromatic heterocycles. The number of aryl methyl sites for hydroxylation is 1. The summed E-state index contributed by atoms with van der Waals surface area (Å²) in [5.41, 5.74) is 3.11. The summed E-state index contributed by atoms with van der Waals surface area (Å²) >= 11 is 1.64. The standard InChI is InChI=1S/C20H21N3OS/c1-15-23-18(14-25-15)9-11-22-20(24)19(17-7-3-2-4-8-17)12-16-6-5-10-21-13-16/h2-8,10,13-14,19H,9,11-12H2,1H3,(H,22,24). The molecule has 5 heteroatoms. The summed E-state index contributed by atoms with van der Waals surface area (Å²) in [6.45, 7) is 2.59. The Labute approximate surface area is 152 Å². The minimum absolute atomic E-state index is 0.0435. The second kappa shape index (κ2) is 8.53. The first-order valence-corrected chi connectivity index (χ1v) is 9.23. The lowest BCUT2D eigenvalue weighted by molar-refractivity contribution is -0.122. The fraction of sp³-hybridized carbons (Fsp3) is 0.250. The molecule has 1 amide bonds. The molecule has 128 valence electrons. The highest BCUT2D eigenvalue weighted by molar-refractivity contribution is 7.09. The van der Waals surface area contributed by atoms with Gasteiger partial charge in [-0.2, -0.15) is 0 Å². The number of benzene rings is 1. The third kappa shape index (κ3) is 4.97. The highest BCUT2D eigenvalue weighted by Gasteiger charge is 2.20. The molecule has 0 fully saturated rings. The average molecular weight is 351 g/mol. The van der Waals surface area contributed by atoms with Gasteiger partial charge in [0.1, 0.15) is 0 Å². The lowest BCUT2D eigenvalue weighted by Gasteiger charge is -2.17. The zero-order valence-electron chi connectivity index (χ0n) is 14.2. The minimum Gasteiger partial charge on any atom is -0.355 e. The number of carbonyl (C=O) groups excluding carboxylic acids is 1. The Bertz CT molecular complexity index is 802. The second-order valence-electron chi connectivity index (χ2n) is 5.93. The van der Waals surface area contributed by atoms with Gasteiger partial charge in [0.05, 0.1) is 16.6 Å². The van der Waals surface area contributed by atoms with E-state index in [1.54, 1.807) is 17.5 Å². The van der Waals surface area contributed by atoms with Crippen molar-refractivity contribution in [1.82, 2.24) is 15.3 Å². The number of nitrogens with zero attached hydrogens (tertiary/aromatic N) is 2. The molecule has 1 atom stereocenters. The fourth-order valence-corrected chi connectivity index (χ4v) is 3.41. The van der Waals surface area contributed by atoms with Crippen molar-refractivity contribution >= 4 is 17.2 Å². The summed E-state index contributed by atoms with van der Waals surface area (Å²) in [5.74, 6) is -0.176. The molecule has 4 nitrogen and oxygen atoms in total. The maximum atomic E-state index is 12.8. The molecule has 0 bridgehead atoms. The van der Waals surface area contributed by atoms with E-state index < -0.39 is 0 Å². The van der Waals surface area contributed by atoms with Crippen LogP contribution in [-0.2, 0) is 17.6 Å². The molecule has 3 aromatic rings. The van der Waals surface area contributed by atoms with Gasteiger partial charge in [0.15, 0.2) is 0 Å². The number of thiazole rings is 1. The van der Waals surface area contributed by atoms with Crippen LogP contribution in [0.4, 0.5) is 0 Å². The molecule has 0 aliphatic carbocycles. The van der Waals surface area contributed by atoms with Crippen LogP contribution in [0.5, 0.6) is 0 Å². The van der Waals surface area contributed by atoms with E-state index in [-0.39, 0.29) is 11.8 Å². The maximum Gasteiger partial charge on any atom is 0.227 e. The molecule has 0 saturated heterocycles. The molecule has 0 aliphatic rings. The number of carbonyl (C=O) groups is 1. The summed E-state index contributed by atoms with van der Waals surface area (Å²) in [7, 11) is 0. The smallest absolute Gasteiger partial charge is 0.227 e. The van der Waals surface area contributed by atoms with Crippen LogP contribution in [-0.4, -0.2) is 22.4 Å². The van der Waals surface area contributed by atoms with Crippen molar-refractivity contribution in [2.45, 2.75) is 25.7 Å². The summed E-state index contributed by atoms with van der Waals surface area (Å²) < 4.78 is 0. The van der Waals surface area contributed by atoms with Crippen molar-refractivity contribution in [1.29, 1.82) is 0 Å². The van der Waals surface area contributed by atoms with Gasteiger partial charge in [-0.1, -0.05) is 36.4 Å². The third-order valence-corrected chi connectivity index (χ3v) is 4.85. The molecule has 0 radical (unpaired) electrons. The number of rotatable bonds is 7. The molecule has 1 unspecified atom stereocenters. The van der Waals surface area contributed by atoms with Crippen LogP contribution in [0.1, 0.15) is 27.7 Å². The summed E-state index contributed by atoms with van der Waals surface area (Å²) in [6.07, 6.45) is 4.96. The van der Waals surface area contributed by atoms with E-state index in [4.69, 9.17) is 0 Å². The van der Waals surface area contributed by atoms with Crippen molar-refractivity contribution in [2.75, 3.05) is 6.54 Å². The molecule has 0 saturated carbocycles. The molecular formula is C20H21N3OS. The Morgan fingerprint density at radius 1 is 1.20 bits per heavy atom. The van der Waals surface area contributed by atoms with Crippen LogP contribution in [0.15, 0.2) is 60.2 Å². The van der Waals surface area contributed by atoms with Crippen LogP contribution < -0.4 is 5.32 Å². The zero-order valence-corrected chi connectivity index (χ0v) is 15.0. The monoisotopic (exact) mass is 351 g/mol.